The second-order valence-electron chi connectivity index (χ2n) is 3.79. The lowest BCUT2D eigenvalue weighted by atomic mass is 10.1. The number of hydrogen-bond acceptors (Lipinski definition) is 1. The van der Waals surface area contributed by atoms with Crippen LogP contribution in [0.15, 0.2) is 0 Å². The van der Waals surface area contributed by atoms with E-state index in [2.05, 4.69) is 26.2 Å². The van der Waals surface area contributed by atoms with Crippen molar-refractivity contribution in [3.63, 3.8) is 0 Å². The Labute approximate surface area is 70.6 Å². The van der Waals surface area contributed by atoms with Gasteiger partial charge in [-0.3, -0.25) is 0 Å². The van der Waals surface area contributed by atoms with Crippen molar-refractivity contribution in [1.82, 2.24) is 5.32 Å². The highest BCUT2D eigenvalue weighted by Crippen LogP contribution is 2.44. The van der Waals surface area contributed by atoms with Crippen LogP contribution in [-0.2, 0) is 0 Å². The van der Waals surface area contributed by atoms with E-state index in [-0.39, 0.29) is 0 Å². The van der Waals surface area contributed by atoms with Crippen LogP contribution in [-0.4, -0.2) is 13.1 Å². The standard InChI is InChI=1S/C10H21N/c1-4-8-6-9(8)7-10(5-2)11-3/h8-11H,4-7H2,1-3H3. The van der Waals surface area contributed by atoms with Crippen molar-refractivity contribution in [3.8, 4) is 0 Å². The van der Waals surface area contributed by atoms with Crippen molar-refractivity contribution in [2.45, 2.75) is 45.6 Å². The Morgan fingerprint density at radius 3 is 2.45 bits per heavy atom. The topological polar surface area (TPSA) is 12.0 Å². The minimum Gasteiger partial charge on any atom is -0.317 e. The molecule has 3 atom stereocenters. The highest BCUT2D eigenvalue weighted by molar-refractivity contribution is 4.87. The highest BCUT2D eigenvalue weighted by atomic mass is 14.9. The van der Waals surface area contributed by atoms with Crippen LogP contribution in [0, 0.1) is 11.8 Å². The summed E-state index contributed by atoms with van der Waals surface area (Å²) in [5.74, 6) is 2.12. The lowest BCUT2D eigenvalue weighted by molar-refractivity contribution is 0.462. The Bertz CT molecular complexity index is 107. The Balaban J connectivity index is 2.11. The molecule has 0 aliphatic heterocycles. The molecular weight excluding hydrogens is 134 g/mol. The molecule has 3 unspecified atom stereocenters. The lowest BCUT2D eigenvalue weighted by Crippen LogP contribution is -2.24. The molecule has 0 aromatic carbocycles. The van der Waals surface area contributed by atoms with Crippen molar-refractivity contribution < 1.29 is 0 Å². The quantitative estimate of drug-likeness (QED) is 0.643. The largest absolute Gasteiger partial charge is 0.317 e. The Morgan fingerprint density at radius 2 is 2.09 bits per heavy atom. The predicted molar refractivity (Wildman–Crippen MR) is 49.6 cm³/mol. The Kier molecular flexibility index (Phi) is 3.38. The van der Waals surface area contributed by atoms with E-state index in [1.54, 1.807) is 0 Å². The van der Waals surface area contributed by atoms with Crippen molar-refractivity contribution in [2.75, 3.05) is 7.05 Å². The van der Waals surface area contributed by atoms with E-state index in [0.717, 1.165) is 17.9 Å². The molecule has 0 aromatic heterocycles. The number of hydrogen-bond donors (Lipinski definition) is 1. The van der Waals surface area contributed by atoms with Gasteiger partial charge in [0.1, 0.15) is 0 Å². The molecule has 66 valence electrons. The summed E-state index contributed by atoms with van der Waals surface area (Å²) in [5, 5.41) is 3.37. The van der Waals surface area contributed by atoms with Gasteiger partial charge >= 0.3 is 0 Å². The highest BCUT2D eigenvalue weighted by Gasteiger charge is 2.35. The van der Waals surface area contributed by atoms with E-state index in [0.29, 0.717) is 0 Å². The van der Waals surface area contributed by atoms with E-state index >= 15 is 0 Å². The molecular formula is C10H21N. The van der Waals surface area contributed by atoms with Gasteiger partial charge in [0.05, 0.1) is 0 Å². The van der Waals surface area contributed by atoms with Gasteiger partial charge < -0.3 is 5.32 Å². The molecule has 1 fully saturated rings. The summed E-state index contributed by atoms with van der Waals surface area (Å²) >= 11 is 0. The first-order valence-electron chi connectivity index (χ1n) is 4.99. The molecule has 1 nitrogen and oxygen atoms in total. The monoisotopic (exact) mass is 155 g/mol. The van der Waals surface area contributed by atoms with Crippen LogP contribution in [0.3, 0.4) is 0 Å². The molecule has 0 bridgehead atoms. The van der Waals surface area contributed by atoms with Crippen LogP contribution in [0.25, 0.3) is 0 Å². The van der Waals surface area contributed by atoms with E-state index in [1.165, 1.54) is 25.7 Å². The van der Waals surface area contributed by atoms with Crippen LogP contribution in [0.2, 0.25) is 0 Å². The fraction of sp³-hybridized carbons (Fsp3) is 1.00. The third kappa shape index (κ3) is 2.48. The Morgan fingerprint density at radius 1 is 1.36 bits per heavy atom. The van der Waals surface area contributed by atoms with Gasteiger partial charge in [0.15, 0.2) is 0 Å². The first kappa shape index (κ1) is 9.05. The zero-order valence-electron chi connectivity index (χ0n) is 8.06. The fourth-order valence-corrected chi connectivity index (χ4v) is 1.95. The van der Waals surface area contributed by atoms with Gasteiger partial charge in [0.25, 0.3) is 0 Å². The van der Waals surface area contributed by atoms with Gasteiger partial charge in [0.2, 0.25) is 0 Å². The summed E-state index contributed by atoms with van der Waals surface area (Å²) in [6.45, 7) is 4.58. The average Bonchev–Trinajstić information content (AvgIpc) is 2.78. The molecule has 1 heteroatoms. The molecule has 0 radical (unpaired) electrons. The summed E-state index contributed by atoms with van der Waals surface area (Å²) in [5.41, 5.74) is 0. The summed E-state index contributed by atoms with van der Waals surface area (Å²) < 4.78 is 0. The molecule has 0 amide bonds. The minimum atomic E-state index is 0.775. The van der Waals surface area contributed by atoms with Crippen LogP contribution in [0.5, 0.6) is 0 Å². The maximum atomic E-state index is 3.37. The molecule has 1 saturated carbocycles. The smallest absolute Gasteiger partial charge is 0.00641 e. The number of nitrogens with one attached hydrogen (secondary N) is 1. The lowest BCUT2D eigenvalue weighted by Gasteiger charge is -2.12. The summed E-state index contributed by atoms with van der Waals surface area (Å²) in [7, 11) is 2.08. The minimum absolute atomic E-state index is 0.775. The van der Waals surface area contributed by atoms with Crippen molar-refractivity contribution in [1.29, 1.82) is 0 Å². The molecule has 0 saturated heterocycles. The first-order valence-corrected chi connectivity index (χ1v) is 4.99. The summed E-state index contributed by atoms with van der Waals surface area (Å²) in [6, 6.07) is 0.775. The summed E-state index contributed by atoms with van der Waals surface area (Å²) in [4.78, 5) is 0. The first-order chi connectivity index (χ1) is 5.31. The normalized spacial score (nSPS) is 31.9. The fourth-order valence-electron chi connectivity index (χ4n) is 1.95. The molecule has 0 heterocycles. The van der Waals surface area contributed by atoms with Gasteiger partial charge in [0, 0.05) is 6.04 Å². The van der Waals surface area contributed by atoms with Gasteiger partial charge in [-0.15, -0.1) is 0 Å². The van der Waals surface area contributed by atoms with Gasteiger partial charge in [-0.2, -0.15) is 0 Å². The molecule has 1 aliphatic rings. The molecule has 1 rings (SSSR count). The van der Waals surface area contributed by atoms with E-state index in [9.17, 15) is 0 Å². The second-order valence-corrected chi connectivity index (χ2v) is 3.79. The van der Waals surface area contributed by atoms with E-state index < -0.39 is 0 Å². The van der Waals surface area contributed by atoms with E-state index in [1.807, 2.05) is 0 Å². The van der Waals surface area contributed by atoms with Gasteiger partial charge in [-0.05, 0) is 38.1 Å². The van der Waals surface area contributed by atoms with Crippen LogP contribution < -0.4 is 5.32 Å². The van der Waals surface area contributed by atoms with Crippen LogP contribution >= 0.6 is 0 Å². The maximum Gasteiger partial charge on any atom is 0.00641 e. The molecule has 1 aliphatic carbocycles. The maximum absolute atomic E-state index is 3.37. The summed E-state index contributed by atoms with van der Waals surface area (Å²) in [6.07, 6.45) is 5.58. The van der Waals surface area contributed by atoms with Gasteiger partial charge in [-0.25, -0.2) is 0 Å². The molecule has 11 heavy (non-hydrogen) atoms. The zero-order chi connectivity index (χ0) is 8.27. The molecule has 1 N–H and O–H groups in total. The van der Waals surface area contributed by atoms with Crippen LogP contribution in [0.1, 0.15) is 39.5 Å². The SMILES string of the molecule is CCC(CC1CC1CC)NC. The Hall–Kier alpha value is -0.0400. The third-order valence-corrected chi connectivity index (χ3v) is 3.08. The van der Waals surface area contributed by atoms with Crippen LogP contribution in [0.4, 0.5) is 0 Å². The van der Waals surface area contributed by atoms with Crippen molar-refractivity contribution in [2.24, 2.45) is 11.8 Å². The number of rotatable bonds is 5. The zero-order valence-corrected chi connectivity index (χ0v) is 8.06. The third-order valence-electron chi connectivity index (χ3n) is 3.08. The van der Waals surface area contributed by atoms with Crippen molar-refractivity contribution in [3.05, 3.63) is 0 Å². The molecule has 0 aromatic rings. The second kappa shape index (κ2) is 4.10. The molecule has 0 spiro atoms. The van der Waals surface area contributed by atoms with Crippen molar-refractivity contribution >= 4 is 0 Å². The van der Waals surface area contributed by atoms with Gasteiger partial charge in [-0.1, -0.05) is 20.3 Å². The van der Waals surface area contributed by atoms with E-state index in [4.69, 9.17) is 0 Å². The average molecular weight is 155 g/mol. The predicted octanol–water partition coefficient (Wildman–Crippen LogP) is 2.42.